The first-order valence-electron chi connectivity index (χ1n) is 8.42. The minimum Gasteiger partial charge on any atom is -0.493 e. The Balaban J connectivity index is 1.96. The molecule has 4 heteroatoms. The van der Waals surface area contributed by atoms with E-state index >= 15 is 0 Å². The summed E-state index contributed by atoms with van der Waals surface area (Å²) in [5.41, 5.74) is 10.2. The van der Waals surface area contributed by atoms with Gasteiger partial charge < -0.3 is 15.2 Å². The molecule has 3 rings (SSSR count). The molecule has 1 aliphatic heterocycles. The zero-order valence-electron chi connectivity index (χ0n) is 14.7. The van der Waals surface area contributed by atoms with Crippen LogP contribution in [0.1, 0.15) is 29.7 Å². The van der Waals surface area contributed by atoms with Crippen LogP contribution in [-0.4, -0.2) is 31.7 Å². The summed E-state index contributed by atoms with van der Waals surface area (Å²) in [5, 5.41) is 0. The maximum atomic E-state index is 6.37. The van der Waals surface area contributed by atoms with Crippen molar-refractivity contribution in [2.45, 2.75) is 32.0 Å². The van der Waals surface area contributed by atoms with Crippen LogP contribution in [0.15, 0.2) is 42.5 Å². The van der Waals surface area contributed by atoms with Crippen molar-refractivity contribution in [2.24, 2.45) is 5.73 Å². The SMILES string of the molecule is COc1cc2c(cc1OC)[C@@H]([C@H](C)N)N(Cc1ccccc1)CC2. The summed E-state index contributed by atoms with van der Waals surface area (Å²) >= 11 is 0. The van der Waals surface area contributed by atoms with E-state index in [-0.39, 0.29) is 12.1 Å². The number of methoxy groups -OCH3 is 2. The van der Waals surface area contributed by atoms with E-state index in [0.29, 0.717) is 0 Å². The van der Waals surface area contributed by atoms with Gasteiger partial charge in [-0.25, -0.2) is 0 Å². The van der Waals surface area contributed by atoms with Crippen LogP contribution in [0.4, 0.5) is 0 Å². The largest absolute Gasteiger partial charge is 0.493 e. The molecule has 1 heterocycles. The maximum Gasteiger partial charge on any atom is 0.161 e. The van der Waals surface area contributed by atoms with Crippen molar-refractivity contribution in [3.63, 3.8) is 0 Å². The predicted molar refractivity (Wildman–Crippen MR) is 96.5 cm³/mol. The standard InChI is InChI=1S/C20H26N2O2/c1-14(21)20-17-12-19(24-3)18(23-2)11-16(17)9-10-22(20)13-15-7-5-4-6-8-15/h4-8,11-12,14,20H,9-10,13,21H2,1-3H3/t14-,20+/m0/s1. The zero-order valence-corrected chi connectivity index (χ0v) is 14.7. The average Bonchev–Trinajstić information content (AvgIpc) is 2.60. The van der Waals surface area contributed by atoms with Crippen LogP contribution in [0.3, 0.4) is 0 Å². The third-order valence-corrected chi connectivity index (χ3v) is 4.75. The Morgan fingerprint density at radius 2 is 1.79 bits per heavy atom. The van der Waals surface area contributed by atoms with Gasteiger partial charge in [0.05, 0.1) is 20.3 Å². The molecule has 0 aliphatic carbocycles. The van der Waals surface area contributed by atoms with Crippen LogP contribution in [-0.2, 0) is 13.0 Å². The van der Waals surface area contributed by atoms with E-state index in [0.717, 1.165) is 31.0 Å². The molecule has 0 bridgehead atoms. The third kappa shape index (κ3) is 3.25. The van der Waals surface area contributed by atoms with Gasteiger partial charge in [0, 0.05) is 19.1 Å². The second-order valence-electron chi connectivity index (χ2n) is 6.42. The van der Waals surface area contributed by atoms with E-state index in [2.05, 4.69) is 54.3 Å². The van der Waals surface area contributed by atoms with Gasteiger partial charge in [-0.3, -0.25) is 4.90 Å². The second kappa shape index (κ2) is 7.24. The molecule has 0 saturated heterocycles. The van der Waals surface area contributed by atoms with Gasteiger partial charge in [-0.15, -0.1) is 0 Å². The molecule has 2 N–H and O–H groups in total. The molecular weight excluding hydrogens is 300 g/mol. The number of rotatable bonds is 5. The Kier molecular flexibility index (Phi) is 5.07. The zero-order chi connectivity index (χ0) is 17.1. The van der Waals surface area contributed by atoms with Crippen LogP contribution < -0.4 is 15.2 Å². The lowest BCUT2D eigenvalue weighted by Crippen LogP contribution is -2.43. The first-order valence-corrected chi connectivity index (χ1v) is 8.42. The van der Waals surface area contributed by atoms with E-state index in [9.17, 15) is 0 Å². The number of hydrogen-bond donors (Lipinski definition) is 1. The molecule has 2 atom stereocenters. The van der Waals surface area contributed by atoms with Crippen molar-refractivity contribution in [2.75, 3.05) is 20.8 Å². The van der Waals surface area contributed by atoms with Crippen molar-refractivity contribution >= 4 is 0 Å². The Hall–Kier alpha value is -2.04. The first kappa shape index (κ1) is 16.8. The molecule has 0 radical (unpaired) electrons. The average molecular weight is 326 g/mol. The molecule has 0 aromatic heterocycles. The summed E-state index contributed by atoms with van der Waals surface area (Å²) in [5.74, 6) is 1.56. The Morgan fingerprint density at radius 1 is 1.12 bits per heavy atom. The van der Waals surface area contributed by atoms with Crippen molar-refractivity contribution in [3.8, 4) is 11.5 Å². The molecule has 128 valence electrons. The van der Waals surface area contributed by atoms with E-state index in [1.165, 1.54) is 16.7 Å². The van der Waals surface area contributed by atoms with Crippen molar-refractivity contribution in [3.05, 3.63) is 59.2 Å². The highest BCUT2D eigenvalue weighted by molar-refractivity contribution is 5.49. The normalized spacial score (nSPS) is 18.8. The fourth-order valence-electron chi connectivity index (χ4n) is 3.64. The highest BCUT2D eigenvalue weighted by atomic mass is 16.5. The van der Waals surface area contributed by atoms with Gasteiger partial charge in [0.15, 0.2) is 11.5 Å². The van der Waals surface area contributed by atoms with Gasteiger partial charge in [0.25, 0.3) is 0 Å². The molecule has 0 unspecified atom stereocenters. The minimum absolute atomic E-state index is 0.0332. The Labute approximate surface area is 144 Å². The quantitative estimate of drug-likeness (QED) is 0.917. The van der Waals surface area contributed by atoms with E-state index in [4.69, 9.17) is 15.2 Å². The van der Waals surface area contributed by atoms with Crippen molar-refractivity contribution < 1.29 is 9.47 Å². The number of nitrogens with two attached hydrogens (primary N) is 1. The molecule has 0 spiro atoms. The number of nitrogens with zero attached hydrogens (tertiary/aromatic N) is 1. The van der Waals surface area contributed by atoms with Gasteiger partial charge in [0.2, 0.25) is 0 Å². The third-order valence-electron chi connectivity index (χ3n) is 4.75. The van der Waals surface area contributed by atoms with E-state index in [1.54, 1.807) is 14.2 Å². The predicted octanol–water partition coefficient (Wildman–Crippen LogP) is 3.15. The lowest BCUT2D eigenvalue weighted by Gasteiger charge is -2.40. The summed E-state index contributed by atoms with van der Waals surface area (Å²) in [6.45, 7) is 3.97. The van der Waals surface area contributed by atoms with Crippen LogP contribution >= 0.6 is 0 Å². The van der Waals surface area contributed by atoms with Gasteiger partial charge in [-0.05, 0) is 42.2 Å². The summed E-state index contributed by atoms with van der Waals surface area (Å²) in [6, 6.07) is 15.0. The Morgan fingerprint density at radius 3 is 2.42 bits per heavy atom. The van der Waals surface area contributed by atoms with E-state index < -0.39 is 0 Å². The second-order valence-corrected chi connectivity index (χ2v) is 6.42. The molecule has 1 aliphatic rings. The lowest BCUT2D eigenvalue weighted by atomic mass is 9.88. The maximum absolute atomic E-state index is 6.37. The monoisotopic (exact) mass is 326 g/mol. The van der Waals surface area contributed by atoms with Gasteiger partial charge in [-0.2, -0.15) is 0 Å². The van der Waals surface area contributed by atoms with Crippen LogP contribution in [0.25, 0.3) is 0 Å². The summed E-state index contributed by atoms with van der Waals surface area (Å²) < 4.78 is 11.0. The molecule has 0 saturated carbocycles. The smallest absolute Gasteiger partial charge is 0.161 e. The number of fused-ring (bicyclic) bond motifs is 1. The van der Waals surface area contributed by atoms with Gasteiger partial charge in [0.1, 0.15) is 0 Å². The molecule has 0 amide bonds. The number of hydrogen-bond acceptors (Lipinski definition) is 4. The molecule has 4 nitrogen and oxygen atoms in total. The Bertz CT molecular complexity index is 686. The molecule has 0 fully saturated rings. The highest BCUT2D eigenvalue weighted by Gasteiger charge is 2.31. The molecule has 24 heavy (non-hydrogen) atoms. The van der Waals surface area contributed by atoms with Crippen LogP contribution in [0, 0.1) is 0 Å². The number of benzene rings is 2. The minimum atomic E-state index is 0.0332. The van der Waals surface area contributed by atoms with Crippen molar-refractivity contribution in [1.29, 1.82) is 0 Å². The fraction of sp³-hybridized carbons (Fsp3) is 0.400. The highest BCUT2D eigenvalue weighted by Crippen LogP contribution is 2.39. The fourth-order valence-corrected chi connectivity index (χ4v) is 3.64. The topological polar surface area (TPSA) is 47.7 Å². The van der Waals surface area contributed by atoms with Gasteiger partial charge >= 0.3 is 0 Å². The summed E-state index contributed by atoms with van der Waals surface area (Å²) in [7, 11) is 3.35. The number of ether oxygens (including phenoxy) is 2. The molecular formula is C20H26N2O2. The van der Waals surface area contributed by atoms with Gasteiger partial charge in [-0.1, -0.05) is 30.3 Å². The summed E-state index contributed by atoms with van der Waals surface area (Å²) in [6.07, 6.45) is 0.992. The van der Waals surface area contributed by atoms with Crippen molar-refractivity contribution in [1.82, 2.24) is 4.90 Å². The summed E-state index contributed by atoms with van der Waals surface area (Å²) in [4.78, 5) is 2.47. The van der Waals surface area contributed by atoms with Crippen LogP contribution in [0.5, 0.6) is 11.5 Å². The van der Waals surface area contributed by atoms with E-state index in [1.807, 2.05) is 0 Å². The molecule has 2 aromatic carbocycles. The van der Waals surface area contributed by atoms with Crippen LogP contribution in [0.2, 0.25) is 0 Å². The first-order chi connectivity index (χ1) is 11.6. The lowest BCUT2D eigenvalue weighted by molar-refractivity contribution is 0.155. The molecule has 2 aromatic rings.